The van der Waals surface area contributed by atoms with Crippen LogP contribution in [0.3, 0.4) is 0 Å². The van der Waals surface area contributed by atoms with Crippen LogP contribution in [0.5, 0.6) is 0 Å². The van der Waals surface area contributed by atoms with Crippen molar-refractivity contribution in [1.29, 1.82) is 0 Å². The molecule has 0 radical (unpaired) electrons. The summed E-state index contributed by atoms with van der Waals surface area (Å²) < 4.78 is 5.63. The van der Waals surface area contributed by atoms with Crippen molar-refractivity contribution in [2.75, 3.05) is 6.54 Å². The summed E-state index contributed by atoms with van der Waals surface area (Å²) >= 11 is 0. The molecule has 1 atom stereocenters. The molecule has 1 N–H and O–H groups in total. The van der Waals surface area contributed by atoms with Crippen molar-refractivity contribution in [2.45, 2.75) is 67.6 Å². The molecule has 0 fully saturated rings. The molecule has 0 aliphatic carbocycles. The zero-order valence-electron chi connectivity index (χ0n) is 18.4. The minimum atomic E-state index is -0.179. The predicted octanol–water partition coefficient (Wildman–Crippen LogP) is 4.72. The normalized spacial score (nSPS) is 12.8. The Balaban J connectivity index is 2.13. The van der Waals surface area contributed by atoms with Gasteiger partial charge >= 0.3 is 0 Å². The highest BCUT2D eigenvalue weighted by atomic mass is 16.3. The Kier molecular flexibility index (Phi) is 7.81. The van der Waals surface area contributed by atoms with Gasteiger partial charge in [-0.2, -0.15) is 0 Å². The van der Waals surface area contributed by atoms with E-state index in [9.17, 15) is 4.79 Å². The molecule has 0 aliphatic heterocycles. The van der Waals surface area contributed by atoms with Gasteiger partial charge in [0.25, 0.3) is 5.91 Å². The molecule has 0 saturated heterocycles. The van der Waals surface area contributed by atoms with E-state index < -0.39 is 0 Å². The summed E-state index contributed by atoms with van der Waals surface area (Å²) in [5.41, 5.74) is 4.22. The Hall–Kier alpha value is -2.14. The third-order valence-electron chi connectivity index (χ3n) is 5.21. The molecule has 1 aromatic carbocycles. The molecule has 1 amide bonds. The number of benzene rings is 1. The van der Waals surface area contributed by atoms with Gasteiger partial charge in [-0.25, -0.2) is 4.98 Å². The lowest BCUT2D eigenvalue weighted by molar-refractivity contribution is 0.0943. The first-order valence-electron chi connectivity index (χ1n) is 10.2. The molecule has 0 aliphatic rings. The molecule has 154 valence electrons. The van der Waals surface area contributed by atoms with Crippen LogP contribution in [0.4, 0.5) is 0 Å². The second-order valence-corrected chi connectivity index (χ2v) is 8.55. The minimum absolute atomic E-state index is 0.179. The Bertz CT molecular complexity index is 780. The van der Waals surface area contributed by atoms with E-state index in [1.54, 1.807) is 0 Å². The van der Waals surface area contributed by atoms with Crippen molar-refractivity contribution in [2.24, 2.45) is 11.8 Å². The van der Waals surface area contributed by atoms with Crippen LogP contribution in [-0.2, 0) is 13.1 Å². The van der Waals surface area contributed by atoms with Crippen molar-refractivity contribution in [3.8, 4) is 0 Å². The van der Waals surface area contributed by atoms with E-state index in [0.717, 1.165) is 6.54 Å². The van der Waals surface area contributed by atoms with Gasteiger partial charge in [-0.1, -0.05) is 51.5 Å². The molecule has 2 rings (SSSR count). The lowest BCUT2D eigenvalue weighted by atomic mass is 10.0. The van der Waals surface area contributed by atoms with E-state index in [1.165, 1.54) is 23.0 Å². The van der Waals surface area contributed by atoms with Gasteiger partial charge in [-0.3, -0.25) is 9.69 Å². The fourth-order valence-electron chi connectivity index (χ4n) is 3.06. The fourth-order valence-corrected chi connectivity index (χ4v) is 3.06. The van der Waals surface area contributed by atoms with Gasteiger partial charge in [-0.05, 0) is 43.7 Å². The Labute approximate surface area is 169 Å². The molecule has 28 heavy (non-hydrogen) atoms. The van der Waals surface area contributed by atoms with Crippen LogP contribution in [0.25, 0.3) is 0 Å². The van der Waals surface area contributed by atoms with E-state index in [2.05, 4.69) is 81.9 Å². The number of carbonyl (C=O) groups excluding carboxylic acids is 1. The first-order valence-corrected chi connectivity index (χ1v) is 10.2. The highest BCUT2D eigenvalue weighted by Crippen LogP contribution is 2.20. The van der Waals surface area contributed by atoms with E-state index in [4.69, 9.17) is 4.42 Å². The molecule has 5 heteroatoms. The Morgan fingerprint density at radius 1 is 1.14 bits per heavy atom. The van der Waals surface area contributed by atoms with Crippen molar-refractivity contribution in [1.82, 2.24) is 15.2 Å². The molecule has 0 saturated carbocycles. The molecule has 0 unspecified atom stereocenters. The monoisotopic (exact) mass is 385 g/mol. The summed E-state index contributed by atoms with van der Waals surface area (Å²) in [6.45, 7) is 17.1. The number of aryl methyl sites for hydroxylation is 2. The topological polar surface area (TPSA) is 58.4 Å². The molecule has 1 heterocycles. The average molecular weight is 386 g/mol. The molecular formula is C23H35N3O2. The number of aromatic nitrogens is 1. The van der Waals surface area contributed by atoms with Crippen molar-refractivity contribution in [3.63, 3.8) is 0 Å². The minimum Gasteiger partial charge on any atom is -0.447 e. The Morgan fingerprint density at radius 2 is 1.86 bits per heavy atom. The highest BCUT2D eigenvalue weighted by Gasteiger charge is 2.21. The van der Waals surface area contributed by atoms with Crippen LogP contribution >= 0.6 is 0 Å². The molecule has 0 spiro atoms. The van der Waals surface area contributed by atoms with Gasteiger partial charge < -0.3 is 9.73 Å². The van der Waals surface area contributed by atoms with Crippen LogP contribution in [0, 0.1) is 25.7 Å². The first-order chi connectivity index (χ1) is 13.2. The van der Waals surface area contributed by atoms with Crippen LogP contribution in [0.15, 0.2) is 28.9 Å². The zero-order valence-corrected chi connectivity index (χ0v) is 18.4. The largest absolute Gasteiger partial charge is 0.447 e. The number of nitrogens with one attached hydrogen (secondary N) is 1. The summed E-state index contributed by atoms with van der Waals surface area (Å²) in [7, 11) is 0. The molecule has 2 aromatic rings. The number of hydrogen-bond donors (Lipinski definition) is 1. The number of nitrogens with zero attached hydrogens (tertiary/aromatic N) is 2. The number of amides is 1. The molecule has 1 aromatic heterocycles. The van der Waals surface area contributed by atoms with E-state index in [0.29, 0.717) is 42.6 Å². The lowest BCUT2D eigenvalue weighted by Gasteiger charge is -2.31. The highest BCUT2D eigenvalue weighted by molar-refractivity contribution is 5.91. The van der Waals surface area contributed by atoms with Crippen LogP contribution < -0.4 is 5.32 Å². The molecular weight excluding hydrogens is 350 g/mol. The third-order valence-corrected chi connectivity index (χ3v) is 5.21. The number of oxazole rings is 1. The van der Waals surface area contributed by atoms with E-state index in [1.807, 2.05) is 0 Å². The second-order valence-electron chi connectivity index (χ2n) is 8.55. The van der Waals surface area contributed by atoms with Gasteiger partial charge in [-0.15, -0.1) is 0 Å². The Morgan fingerprint density at radius 3 is 2.46 bits per heavy atom. The number of hydrogen-bond acceptors (Lipinski definition) is 4. The maximum atomic E-state index is 12.2. The number of rotatable bonds is 9. The van der Waals surface area contributed by atoms with E-state index in [-0.39, 0.29) is 5.91 Å². The maximum absolute atomic E-state index is 12.2. The summed E-state index contributed by atoms with van der Waals surface area (Å²) in [4.78, 5) is 19.0. The van der Waals surface area contributed by atoms with E-state index >= 15 is 0 Å². The smallest absolute Gasteiger partial charge is 0.273 e. The summed E-state index contributed by atoms with van der Waals surface area (Å²) in [5, 5.41) is 2.88. The summed E-state index contributed by atoms with van der Waals surface area (Å²) in [6, 6.07) is 6.93. The average Bonchev–Trinajstić information content (AvgIpc) is 3.09. The van der Waals surface area contributed by atoms with Crippen molar-refractivity contribution < 1.29 is 9.21 Å². The van der Waals surface area contributed by atoms with Crippen LogP contribution in [0.2, 0.25) is 0 Å². The van der Waals surface area contributed by atoms with Gasteiger partial charge in [0, 0.05) is 19.1 Å². The van der Waals surface area contributed by atoms with Crippen LogP contribution in [0.1, 0.15) is 67.7 Å². The lowest BCUT2D eigenvalue weighted by Crippen LogP contribution is -2.36. The molecule has 5 nitrogen and oxygen atoms in total. The predicted molar refractivity (Wildman–Crippen MR) is 113 cm³/mol. The zero-order chi connectivity index (χ0) is 20.8. The first kappa shape index (κ1) is 22.2. The molecule has 0 bridgehead atoms. The van der Waals surface area contributed by atoms with Crippen molar-refractivity contribution >= 4 is 5.91 Å². The van der Waals surface area contributed by atoms with Gasteiger partial charge in [0.05, 0.1) is 6.54 Å². The maximum Gasteiger partial charge on any atom is 0.273 e. The van der Waals surface area contributed by atoms with Gasteiger partial charge in [0.15, 0.2) is 5.69 Å². The fraction of sp³-hybridized carbons (Fsp3) is 0.565. The summed E-state index contributed by atoms with van der Waals surface area (Å²) in [5.74, 6) is 1.29. The standard InChI is InChI=1S/C23H35N3O2/c1-15(2)11-24-23(27)21-14-28-22(25-21)13-26(19(7)16(3)4)12-20-9-8-17(5)10-18(20)6/h8-10,14-16,19H,11-13H2,1-7H3,(H,24,27)/t19-/m0/s1. The van der Waals surface area contributed by atoms with Crippen LogP contribution in [-0.4, -0.2) is 28.4 Å². The SMILES string of the molecule is Cc1ccc(CN(Cc2nc(C(=O)NCC(C)C)co2)[C@@H](C)C(C)C)c(C)c1. The summed E-state index contributed by atoms with van der Waals surface area (Å²) in [6.07, 6.45) is 1.46. The second kappa shape index (κ2) is 9.87. The third kappa shape index (κ3) is 6.20. The van der Waals surface area contributed by atoms with Crippen molar-refractivity contribution in [3.05, 3.63) is 52.7 Å². The van der Waals surface area contributed by atoms with Gasteiger partial charge in [0.1, 0.15) is 6.26 Å². The quantitative estimate of drug-likeness (QED) is 0.678. The van der Waals surface area contributed by atoms with Gasteiger partial charge in [0.2, 0.25) is 5.89 Å². The number of carbonyl (C=O) groups is 1.